The van der Waals surface area contributed by atoms with Crippen LogP contribution in [0, 0.1) is 5.92 Å². The number of nitrogens with zero attached hydrogens (tertiary/aromatic N) is 1. The van der Waals surface area contributed by atoms with Gasteiger partial charge < -0.3 is 10.2 Å². The van der Waals surface area contributed by atoms with E-state index in [0.29, 0.717) is 5.69 Å². The fourth-order valence-electron chi connectivity index (χ4n) is 2.75. The number of anilines is 1. The monoisotopic (exact) mass is 230 g/mol. The normalized spacial score (nSPS) is 16.9. The molecule has 1 saturated carbocycles. The Bertz CT molecular complexity index is 512. The van der Waals surface area contributed by atoms with Crippen LogP contribution in [0.1, 0.15) is 38.0 Å². The fraction of sp³-hybridized carbons (Fsp3) is 0.500. The Morgan fingerprint density at radius 1 is 1.29 bits per heavy atom. The SMILES string of the molecule is Nc1cccc2oc(CCC3CCCC3)nc12. The number of aromatic nitrogens is 1. The Hall–Kier alpha value is -1.51. The highest BCUT2D eigenvalue weighted by molar-refractivity contribution is 5.85. The predicted octanol–water partition coefficient (Wildman–Crippen LogP) is 3.53. The molecule has 0 saturated heterocycles. The van der Waals surface area contributed by atoms with Crippen LogP contribution < -0.4 is 5.73 Å². The lowest BCUT2D eigenvalue weighted by Crippen LogP contribution is -1.96. The number of rotatable bonds is 3. The quantitative estimate of drug-likeness (QED) is 0.820. The first kappa shape index (κ1) is 10.6. The highest BCUT2D eigenvalue weighted by Crippen LogP contribution is 2.29. The van der Waals surface area contributed by atoms with Gasteiger partial charge in [0.2, 0.25) is 0 Å². The molecule has 1 aromatic carbocycles. The van der Waals surface area contributed by atoms with Gasteiger partial charge in [0.25, 0.3) is 0 Å². The molecular weight excluding hydrogens is 212 g/mol. The van der Waals surface area contributed by atoms with E-state index in [1.54, 1.807) is 0 Å². The van der Waals surface area contributed by atoms with Crippen LogP contribution in [0.4, 0.5) is 5.69 Å². The number of benzene rings is 1. The summed E-state index contributed by atoms with van der Waals surface area (Å²) in [6, 6.07) is 5.70. The van der Waals surface area contributed by atoms with Gasteiger partial charge in [0.1, 0.15) is 5.52 Å². The van der Waals surface area contributed by atoms with Gasteiger partial charge in [-0.3, -0.25) is 0 Å². The predicted molar refractivity (Wildman–Crippen MR) is 68.7 cm³/mol. The van der Waals surface area contributed by atoms with Crippen LogP contribution in [0.3, 0.4) is 0 Å². The number of hydrogen-bond acceptors (Lipinski definition) is 3. The summed E-state index contributed by atoms with van der Waals surface area (Å²) in [6.45, 7) is 0. The smallest absolute Gasteiger partial charge is 0.195 e. The van der Waals surface area contributed by atoms with Crippen LogP contribution >= 0.6 is 0 Å². The van der Waals surface area contributed by atoms with Crippen molar-refractivity contribution >= 4 is 16.8 Å². The Labute approximate surface area is 101 Å². The number of nitrogens with two attached hydrogens (primary N) is 1. The van der Waals surface area contributed by atoms with E-state index in [1.807, 2.05) is 18.2 Å². The number of nitrogen functional groups attached to an aromatic ring is 1. The molecule has 0 bridgehead atoms. The number of hydrogen-bond donors (Lipinski definition) is 1. The van der Waals surface area contributed by atoms with Crippen LogP contribution in [0.25, 0.3) is 11.1 Å². The van der Waals surface area contributed by atoms with Crippen LogP contribution in [-0.4, -0.2) is 4.98 Å². The topological polar surface area (TPSA) is 52.0 Å². The maximum atomic E-state index is 5.87. The molecule has 90 valence electrons. The van der Waals surface area contributed by atoms with Crippen molar-refractivity contribution in [3.05, 3.63) is 24.1 Å². The zero-order valence-corrected chi connectivity index (χ0v) is 9.98. The van der Waals surface area contributed by atoms with Crippen molar-refractivity contribution in [1.29, 1.82) is 0 Å². The van der Waals surface area contributed by atoms with Gasteiger partial charge in [0, 0.05) is 6.42 Å². The third-order valence-corrected chi connectivity index (χ3v) is 3.74. The van der Waals surface area contributed by atoms with Gasteiger partial charge in [-0.15, -0.1) is 0 Å². The van der Waals surface area contributed by atoms with Crippen molar-refractivity contribution in [3.63, 3.8) is 0 Å². The van der Waals surface area contributed by atoms with E-state index in [0.717, 1.165) is 29.3 Å². The Morgan fingerprint density at radius 2 is 2.12 bits per heavy atom. The van der Waals surface area contributed by atoms with Crippen molar-refractivity contribution in [2.24, 2.45) is 5.92 Å². The molecule has 17 heavy (non-hydrogen) atoms. The molecule has 3 heteroatoms. The van der Waals surface area contributed by atoms with E-state index in [4.69, 9.17) is 10.2 Å². The lowest BCUT2D eigenvalue weighted by atomic mass is 10.0. The minimum atomic E-state index is 0.707. The van der Waals surface area contributed by atoms with Crippen LogP contribution in [0.2, 0.25) is 0 Å². The first-order valence-corrected chi connectivity index (χ1v) is 6.47. The molecule has 0 aliphatic heterocycles. The third kappa shape index (κ3) is 2.14. The lowest BCUT2D eigenvalue weighted by molar-refractivity contribution is 0.451. The Kier molecular flexibility index (Phi) is 2.75. The van der Waals surface area contributed by atoms with Gasteiger partial charge in [-0.25, -0.2) is 4.98 Å². The van der Waals surface area contributed by atoms with E-state index >= 15 is 0 Å². The van der Waals surface area contributed by atoms with E-state index in [-0.39, 0.29) is 0 Å². The molecule has 1 aromatic heterocycles. The molecule has 2 aromatic rings. The van der Waals surface area contributed by atoms with Crippen molar-refractivity contribution in [3.8, 4) is 0 Å². The van der Waals surface area contributed by atoms with Gasteiger partial charge in [-0.05, 0) is 24.5 Å². The van der Waals surface area contributed by atoms with Crippen molar-refractivity contribution in [2.45, 2.75) is 38.5 Å². The summed E-state index contributed by atoms with van der Waals surface area (Å²) in [5, 5.41) is 0. The number of fused-ring (bicyclic) bond motifs is 1. The maximum Gasteiger partial charge on any atom is 0.195 e. The first-order chi connectivity index (χ1) is 8.33. The number of oxazole rings is 1. The summed E-state index contributed by atoms with van der Waals surface area (Å²) in [5.74, 6) is 1.71. The molecule has 1 heterocycles. The summed E-state index contributed by atoms with van der Waals surface area (Å²) in [5.41, 5.74) is 8.20. The highest BCUT2D eigenvalue weighted by atomic mass is 16.3. The van der Waals surface area contributed by atoms with E-state index < -0.39 is 0 Å². The molecule has 0 amide bonds. The van der Waals surface area contributed by atoms with Crippen molar-refractivity contribution < 1.29 is 4.42 Å². The number of aryl methyl sites for hydroxylation is 1. The first-order valence-electron chi connectivity index (χ1n) is 6.47. The minimum Gasteiger partial charge on any atom is -0.441 e. The summed E-state index contributed by atoms with van der Waals surface area (Å²) in [6.07, 6.45) is 7.69. The van der Waals surface area contributed by atoms with Gasteiger partial charge in [-0.2, -0.15) is 0 Å². The third-order valence-electron chi connectivity index (χ3n) is 3.74. The highest BCUT2D eigenvalue weighted by Gasteiger charge is 2.16. The molecule has 1 aliphatic rings. The molecule has 0 spiro atoms. The molecule has 0 radical (unpaired) electrons. The summed E-state index contributed by atoms with van der Waals surface area (Å²) >= 11 is 0. The Morgan fingerprint density at radius 3 is 2.88 bits per heavy atom. The molecule has 2 N–H and O–H groups in total. The minimum absolute atomic E-state index is 0.707. The molecule has 0 unspecified atom stereocenters. The summed E-state index contributed by atoms with van der Waals surface area (Å²) < 4.78 is 5.72. The second kappa shape index (κ2) is 4.40. The second-order valence-corrected chi connectivity index (χ2v) is 4.99. The standard InChI is InChI=1S/C14H18N2O/c15-11-6-3-7-12-14(11)16-13(17-12)9-8-10-4-1-2-5-10/h3,6-7,10H,1-2,4-5,8-9,15H2. The molecule has 0 atom stereocenters. The zero-order valence-electron chi connectivity index (χ0n) is 9.98. The molecule has 1 aliphatic carbocycles. The molecule has 3 nitrogen and oxygen atoms in total. The van der Waals surface area contributed by atoms with Gasteiger partial charge in [-0.1, -0.05) is 31.7 Å². The zero-order chi connectivity index (χ0) is 11.7. The molecule has 3 rings (SSSR count). The average molecular weight is 230 g/mol. The van der Waals surface area contributed by atoms with Crippen LogP contribution in [0.5, 0.6) is 0 Å². The van der Waals surface area contributed by atoms with Crippen LogP contribution in [0.15, 0.2) is 22.6 Å². The average Bonchev–Trinajstić information content (AvgIpc) is 2.95. The fourth-order valence-corrected chi connectivity index (χ4v) is 2.75. The Balaban J connectivity index is 1.74. The lowest BCUT2D eigenvalue weighted by Gasteiger charge is -2.05. The van der Waals surface area contributed by atoms with E-state index in [1.165, 1.54) is 32.1 Å². The van der Waals surface area contributed by atoms with E-state index in [9.17, 15) is 0 Å². The maximum absolute atomic E-state index is 5.87. The van der Waals surface area contributed by atoms with Gasteiger partial charge >= 0.3 is 0 Å². The second-order valence-electron chi connectivity index (χ2n) is 4.99. The van der Waals surface area contributed by atoms with Gasteiger partial charge in [0.05, 0.1) is 5.69 Å². The molecule has 1 fully saturated rings. The summed E-state index contributed by atoms with van der Waals surface area (Å²) in [4.78, 5) is 4.48. The number of para-hydroxylation sites is 1. The largest absolute Gasteiger partial charge is 0.441 e. The molecular formula is C14H18N2O. The van der Waals surface area contributed by atoms with Crippen molar-refractivity contribution in [2.75, 3.05) is 5.73 Å². The van der Waals surface area contributed by atoms with Gasteiger partial charge in [0.15, 0.2) is 11.5 Å². The van der Waals surface area contributed by atoms with E-state index in [2.05, 4.69) is 4.98 Å². The van der Waals surface area contributed by atoms with Crippen LogP contribution in [-0.2, 0) is 6.42 Å². The summed E-state index contributed by atoms with van der Waals surface area (Å²) in [7, 11) is 0. The van der Waals surface area contributed by atoms with Crippen molar-refractivity contribution in [1.82, 2.24) is 4.98 Å².